The van der Waals surface area contributed by atoms with Gasteiger partial charge in [-0.2, -0.15) is 5.10 Å². The molecule has 6 heteroatoms. The van der Waals surface area contributed by atoms with Crippen LogP contribution in [0.1, 0.15) is 18.5 Å². The molecule has 0 fully saturated rings. The van der Waals surface area contributed by atoms with Gasteiger partial charge in [0.25, 0.3) is 0 Å². The zero-order valence-corrected chi connectivity index (χ0v) is 11.5. The number of nitrogens with zero attached hydrogens (tertiary/aromatic N) is 2. The average Bonchev–Trinajstić information content (AvgIpc) is 2.83. The molecule has 3 N–H and O–H groups in total. The number of nitrogens with two attached hydrogens (primary N) is 1. The number of ether oxygens (including phenoxy) is 1. The second kappa shape index (κ2) is 6.10. The zero-order valence-electron chi connectivity index (χ0n) is 11.5. The zero-order chi connectivity index (χ0) is 14.5. The average molecular weight is 274 g/mol. The standard InChI is InChI=1S/C14H18N4O2/c1-10(11-5-3-4-6-12(11)20-2)16-14(19)9-18-8-7-13(15)17-18/h3-8,10H,9H2,1-2H3,(H2,15,17)(H,16,19). The number of benzene rings is 1. The Hall–Kier alpha value is -2.50. The maximum Gasteiger partial charge on any atom is 0.242 e. The summed E-state index contributed by atoms with van der Waals surface area (Å²) in [6.07, 6.45) is 1.67. The van der Waals surface area contributed by atoms with Crippen molar-refractivity contribution in [3.63, 3.8) is 0 Å². The number of hydrogen-bond acceptors (Lipinski definition) is 4. The van der Waals surface area contributed by atoms with E-state index in [1.807, 2.05) is 31.2 Å². The van der Waals surface area contributed by atoms with Crippen LogP contribution in [0.2, 0.25) is 0 Å². The Balaban J connectivity index is 2.00. The fourth-order valence-electron chi connectivity index (χ4n) is 2.00. The predicted molar refractivity (Wildman–Crippen MR) is 76.2 cm³/mol. The first-order valence-corrected chi connectivity index (χ1v) is 6.31. The lowest BCUT2D eigenvalue weighted by Crippen LogP contribution is -2.30. The Morgan fingerprint density at radius 1 is 1.45 bits per heavy atom. The Labute approximate surface area is 117 Å². The van der Waals surface area contributed by atoms with Gasteiger partial charge in [0.15, 0.2) is 0 Å². The number of carbonyl (C=O) groups is 1. The van der Waals surface area contributed by atoms with Gasteiger partial charge in [0.2, 0.25) is 5.91 Å². The third-order valence-electron chi connectivity index (χ3n) is 2.95. The summed E-state index contributed by atoms with van der Waals surface area (Å²) in [6.45, 7) is 2.05. The predicted octanol–water partition coefficient (Wildman–Crippen LogP) is 1.35. The van der Waals surface area contributed by atoms with Gasteiger partial charge >= 0.3 is 0 Å². The van der Waals surface area contributed by atoms with Gasteiger partial charge in [-0.05, 0) is 19.1 Å². The van der Waals surface area contributed by atoms with Crippen molar-refractivity contribution in [1.29, 1.82) is 0 Å². The van der Waals surface area contributed by atoms with E-state index in [4.69, 9.17) is 10.5 Å². The lowest BCUT2D eigenvalue weighted by Gasteiger charge is -2.17. The summed E-state index contributed by atoms with van der Waals surface area (Å²) >= 11 is 0. The lowest BCUT2D eigenvalue weighted by molar-refractivity contribution is -0.122. The minimum absolute atomic E-state index is 0.133. The summed E-state index contributed by atoms with van der Waals surface area (Å²) in [5, 5.41) is 6.88. The topological polar surface area (TPSA) is 82.2 Å². The summed E-state index contributed by atoms with van der Waals surface area (Å²) in [7, 11) is 1.61. The number of hydrogen-bond donors (Lipinski definition) is 2. The molecule has 106 valence electrons. The van der Waals surface area contributed by atoms with E-state index in [2.05, 4.69) is 10.4 Å². The SMILES string of the molecule is COc1ccccc1C(C)NC(=O)Cn1ccc(N)n1. The molecule has 1 unspecified atom stereocenters. The maximum atomic E-state index is 12.0. The minimum Gasteiger partial charge on any atom is -0.496 e. The molecule has 1 aromatic carbocycles. The number of rotatable bonds is 5. The summed E-state index contributed by atoms with van der Waals surface area (Å²) in [5.41, 5.74) is 6.44. The highest BCUT2D eigenvalue weighted by Crippen LogP contribution is 2.24. The van der Waals surface area contributed by atoms with Crippen LogP contribution < -0.4 is 15.8 Å². The van der Waals surface area contributed by atoms with Crippen molar-refractivity contribution < 1.29 is 9.53 Å². The normalized spacial score (nSPS) is 11.9. The highest BCUT2D eigenvalue weighted by Gasteiger charge is 2.13. The Morgan fingerprint density at radius 3 is 2.85 bits per heavy atom. The van der Waals surface area contributed by atoms with Crippen LogP contribution >= 0.6 is 0 Å². The highest BCUT2D eigenvalue weighted by molar-refractivity contribution is 5.76. The van der Waals surface area contributed by atoms with E-state index in [1.165, 1.54) is 4.68 Å². The first-order valence-electron chi connectivity index (χ1n) is 6.31. The van der Waals surface area contributed by atoms with E-state index < -0.39 is 0 Å². The van der Waals surface area contributed by atoms with Gasteiger partial charge < -0.3 is 15.8 Å². The molecule has 0 radical (unpaired) electrons. The second-order valence-electron chi connectivity index (χ2n) is 4.47. The van der Waals surface area contributed by atoms with Crippen LogP contribution in [-0.4, -0.2) is 22.8 Å². The van der Waals surface area contributed by atoms with Crippen molar-refractivity contribution in [2.45, 2.75) is 19.5 Å². The number of amides is 1. The fraction of sp³-hybridized carbons (Fsp3) is 0.286. The molecule has 0 saturated carbocycles. The van der Waals surface area contributed by atoms with Crippen LogP contribution in [0, 0.1) is 0 Å². The monoisotopic (exact) mass is 274 g/mol. The molecule has 0 spiro atoms. The lowest BCUT2D eigenvalue weighted by atomic mass is 10.1. The van der Waals surface area contributed by atoms with Gasteiger partial charge in [-0.3, -0.25) is 9.48 Å². The third kappa shape index (κ3) is 3.28. The number of nitrogen functional groups attached to an aromatic ring is 1. The quantitative estimate of drug-likeness (QED) is 0.862. The second-order valence-corrected chi connectivity index (χ2v) is 4.47. The van der Waals surface area contributed by atoms with E-state index in [0.29, 0.717) is 5.82 Å². The molecule has 0 aliphatic heterocycles. The molecule has 2 aromatic rings. The molecular formula is C14H18N4O2. The first-order chi connectivity index (χ1) is 9.60. The Kier molecular flexibility index (Phi) is 4.24. The number of aromatic nitrogens is 2. The van der Waals surface area contributed by atoms with Crippen molar-refractivity contribution in [3.05, 3.63) is 42.1 Å². The van der Waals surface area contributed by atoms with Gasteiger partial charge in [-0.25, -0.2) is 0 Å². The molecule has 0 aliphatic rings. The van der Waals surface area contributed by atoms with Crippen molar-refractivity contribution in [1.82, 2.24) is 15.1 Å². The molecule has 1 aromatic heterocycles. The van der Waals surface area contributed by atoms with Gasteiger partial charge in [0, 0.05) is 11.8 Å². The van der Waals surface area contributed by atoms with Crippen LogP contribution in [0.3, 0.4) is 0 Å². The largest absolute Gasteiger partial charge is 0.496 e. The minimum atomic E-state index is -0.147. The summed E-state index contributed by atoms with van der Waals surface area (Å²) in [6, 6.07) is 9.10. The van der Waals surface area contributed by atoms with Crippen molar-refractivity contribution >= 4 is 11.7 Å². The van der Waals surface area contributed by atoms with E-state index >= 15 is 0 Å². The van der Waals surface area contributed by atoms with Crippen molar-refractivity contribution in [3.8, 4) is 5.75 Å². The van der Waals surface area contributed by atoms with Crippen LogP contribution in [-0.2, 0) is 11.3 Å². The third-order valence-corrected chi connectivity index (χ3v) is 2.95. The van der Waals surface area contributed by atoms with Crippen LogP contribution in [0.4, 0.5) is 5.82 Å². The van der Waals surface area contributed by atoms with E-state index in [-0.39, 0.29) is 18.5 Å². The number of anilines is 1. The van der Waals surface area contributed by atoms with Gasteiger partial charge in [-0.15, -0.1) is 0 Å². The van der Waals surface area contributed by atoms with E-state index in [9.17, 15) is 4.79 Å². The van der Waals surface area contributed by atoms with Crippen LogP contribution in [0.5, 0.6) is 5.75 Å². The summed E-state index contributed by atoms with van der Waals surface area (Å²) in [5.74, 6) is 1.02. The fourth-order valence-corrected chi connectivity index (χ4v) is 2.00. The van der Waals surface area contributed by atoms with Crippen molar-refractivity contribution in [2.24, 2.45) is 0 Å². The number of carbonyl (C=O) groups excluding carboxylic acids is 1. The molecule has 2 rings (SSSR count). The van der Waals surface area contributed by atoms with Gasteiger partial charge in [-0.1, -0.05) is 18.2 Å². The number of para-hydroxylation sites is 1. The number of methoxy groups -OCH3 is 1. The molecule has 0 bridgehead atoms. The van der Waals surface area contributed by atoms with Gasteiger partial charge in [0.1, 0.15) is 18.1 Å². The Bertz CT molecular complexity index is 594. The molecule has 20 heavy (non-hydrogen) atoms. The van der Waals surface area contributed by atoms with E-state index in [0.717, 1.165) is 11.3 Å². The maximum absolute atomic E-state index is 12.0. The molecule has 0 saturated heterocycles. The summed E-state index contributed by atoms with van der Waals surface area (Å²) in [4.78, 5) is 12.0. The van der Waals surface area contributed by atoms with Crippen LogP contribution in [0.15, 0.2) is 36.5 Å². The van der Waals surface area contributed by atoms with Crippen LogP contribution in [0.25, 0.3) is 0 Å². The molecule has 1 heterocycles. The molecular weight excluding hydrogens is 256 g/mol. The summed E-state index contributed by atoms with van der Waals surface area (Å²) < 4.78 is 6.78. The first kappa shape index (κ1) is 13.9. The molecule has 1 amide bonds. The van der Waals surface area contributed by atoms with Gasteiger partial charge in [0.05, 0.1) is 13.2 Å². The van der Waals surface area contributed by atoms with Crippen molar-refractivity contribution in [2.75, 3.05) is 12.8 Å². The molecule has 6 nitrogen and oxygen atoms in total. The molecule has 1 atom stereocenters. The molecule has 0 aliphatic carbocycles. The van der Waals surface area contributed by atoms with E-state index in [1.54, 1.807) is 19.4 Å². The Morgan fingerprint density at radius 2 is 2.20 bits per heavy atom. The number of nitrogens with one attached hydrogen (secondary N) is 1. The highest BCUT2D eigenvalue weighted by atomic mass is 16.5. The smallest absolute Gasteiger partial charge is 0.242 e.